The van der Waals surface area contributed by atoms with Crippen molar-refractivity contribution in [3.8, 4) is 6.01 Å². The maximum absolute atomic E-state index is 11.8. The summed E-state index contributed by atoms with van der Waals surface area (Å²) in [6.07, 6.45) is 0. The average molecular weight is 290 g/mol. The van der Waals surface area contributed by atoms with Gasteiger partial charge in [0.25, 0.3) is 5.91 Å². The van der Waals surface area contributed by atoms with Gasteiger partial charge in [-0.15, -0.1) is 5.10 Å². The SMILES string of the molecule is CCOc1n[nH]c(NC(=O)c2cc(Cl)c(Cl)[nH]2)n1. The van der Waals surface area contributed by atoms with E-state index in [2.05, 4.69) is 25.5 Å². The van der Waals surface area contributed by atoms with E-state index < -0.39 is 5.91 Å². The molecule has 0 aliphatic heterocycles. The Labute approximate surface area is 112 Å². The summed E-state index contributed by atoms with van der Waals surface area (Å²) in [5.74, 6) is -0.270. The summed E-state index contributed by atoms with van der Waals surface area (Å²) in [5.41, 5.74) is 0.222. The largest absolute Gasteiger partial charge is 0.463 e. The summed E-state index contributed by atoms with van der Waals surface area (Å²) < 4.78 is 5.04. The van der Waals surface area contributed by atoms with Gasteiger partial charge in [-0.05, 0) is 13.0 Å². The van der Waals surface area contributed by atoms with Gasteiger partial charge < -0.3 is 9.72 Å². The molecule has 0 aromatic carbocycles. The molecule has 9 heteroatoms. The van der Waals surface area contributed by atoms with Gasteiger partial charge in [0.15, 0.2) is 0 Å². The van der Waals surface area contributed by atoms with Crippen molar-refractivity contribution in [3.05, 3.63) is 21.9 Å². The molecule has 1 amide bonds. The van der Waals surface area contributed by atoms with E-state index in [4.69, 9.17) is 27.9 Å². The highest BCUT2D eigenvalue weighted by atomic mass is 35.5. The van der Waals surface area contributed by atoms with Crippen LogP contribution in [-0.4, -0.2) is 32.7 Å². The minimum absolute atomic E-state index is 0.162. The molecule has 0 atom stereocenters. The van der Waals surface area contributed by atoms with Crippen molar-refractivity contribution < 1.29 is 9.53 Å². The molecule has 0 saturated heterocycles. The number of carbonyl (C=O) groups is 1. The van der Waals surface area contributed by atoms with E-state index >= 15 is 0 Å². The molecule has 2 aromatic rings. The number of H-pyrrole nitrogens is 2. The third kappa shape index (κ3) is 2.74. The summed E-state index contributed by atoms with van der Waals surface area (Å²) >= 11 is 11.4. The Morgan fingerprint density at radius 1 is 1.56 bits per heavy atom. The lowest BCUT2D eigenvalue weighted by Gasteiger charge is -1.97. The van der Waals surface area contributed by atoms with Gasteiger partial charge in [-0.2, -0.15) is 4.98 Å². The van der Waals surface area contributed by atoms with E-state index in [-0.39, 0.29) is 27.8 Å². The molecule has 0 bridgehead atoms. The Balaban J connectivity index is 2.06. The molecule has 2 aromatic heterocycles. The topological polar surface area (TPSA) is 95.7 Å². The normalized spacial score (nSPS) is 10.4. The van der Waals surface area contributed by atoms with Crippen molar-refractivity contribution >= 4 is 35.1 Å². The first kappa shape index (κ1) is 12.7. The molecule has 2 rings (SSSR count). The standard InChI is InChI=1S/C9H9Cl2N5O2/c1-2-18-9-14-8(15-16-9)13-7(17)5-3-4(10)6(11)12-5/h3,12H,2H2,1H3,(H2,13,14,15,16,17). The van der Waals surface area contributed by atoms with Crippen LogP contribution in [0, 0.1) is 0 Å². The number of hydrogen-bond acceptors (Lipinski definition) is 4. The van der Waals surface area contributed by atoms with Gasteiger partial charge in [-0.1, -0.05) is 23.2 Å². The predicted octanol–water partition coefficient (Wildman–Crippen LogP) is 2.09. The van der Waals surface area contributed by atoms with E-state index in [1.165, 1.54) is 6.07 Å². The lowest BCUT2D eigenvalue weighted by molar-refractivity contribution is 0.102. The van der Waals surface area contributed by atoms with E-state index in [0.29, 0.717) is 6.61 Å². The van der Waals surface area contributed by atoms with Gasteiger partial charge in [0.1, 0.15) is 10.8 Å². The zero-order chi connectivity index (χ0) is 13.1. The maximum Gasteiger partial charge on any atom is 0.337 e. The zero-order valence-corrected chi connectivity index (χ0v) is 10.8. The number of rotatable bonds is 4. The molecule has 0 unspecified atom stereocenters. The molecular formula is C9H9Cl2N5O2. The van der Waals surface area contributed by atoms with E-state index in [0.717, 1.165) is 0 Å². The monoisotopic (exact) mass is 289 g/mol. The molecule has 2 heterocycles. The molecule has 0 spiro atoms. The Kier molecular flexibility index (Phi) is 3.73. The Hall–Kier alpha value is -1.73. The second kappa shape index (κ2) is 5.28. The van der Waals surface area contributed by atoms with Crippen molar-refractivity contribution in [2.45, 2.75) is 6.92 Å². The number of halogens is 2. The van der Waals surface area contributed by atoms with Crippen LogP contribution in [-0.2, 0) is 0 Å². The lowest BCUT2D eigenvalue weighted by Crippen LogP contribution is -2.13. The van der Waals surface area contributed by atoms with Crippen molar-refractivity contribution in [2.75, 3.05) is 11.9 Å². The van der Waals surface area contributed by atoms with Crippen LogP contribution in [0.1, 0.15) is 17.4 Å². The molecule has 3 N–H and O–H groups in total. The van der Waals surface area contributed by atoms with Crippen molar-refractivity contribution in [2.24, 2.45) is 0 Å². The molecule has 96 valence electrons. The van der Waals surface area contributed by atoms with Crippen LogP contribution in [0.4, 0.5) is 5.95 Å². The molecule has 0 saturated carbocycles. The number of amides is 1. The smallest absolute Gasteiger partial charge is 0.337 e. The Bertz CT molecular complexity index is 546. The molecule has 0 radical (unpaired) electrons. The fraction of sp³-hybridized carbons (Fsp3) is 0.222. The first-order valence-electron chi connectivity index (χ1n) is 5.00. The number of nitrogens with one attached hydrogen (secondary N) is 3. The van der Waals surface area contributed by atoms with Gasteiger partial charge in [0.2, 0.25) is 5.95 Å². The van der Waals surface area contributed by atoms with Gasteiger partial charge in [-0.3, -0.25) is 10.1 Å². The summed E-state index contributed by atoms with van der Waals surface area (Å²) in [5, 5.41) is 9.21. The van der Waals surface area contributed by atoms with Crippen LogP contribution < -0.4 is 10.1 Å². The molecule has 0 fully saturated rings. The minimum Gasteiger partial charge on any atom is -0.463 e. The summed E-state index contributed by atoms with van der Waals surface area (Å²) in [4.78, 5) is 18.3. The molecule has 0 aliphatic carbocycles. The number of aromatic nitrogens is 4. The second-order valence-corrected chi connectivity index (χ2v) is 3.98. The Morgan fingerprint density at radius 2 is 2.33 bits per heavy atom. The Morgan fingerprint density at radius 3 is 2.94 bits per heavy atom. The zero-order valence-electron chi connectivity index (χ0n) is 9.25. The van der Waals surface area contributed by atoms with Gasteiger partial charge in [-0.25, -0.2) is 5.10 Å². The fourth-order valence-corrected chi connectivity index (χ4v) is 1.51. The number of aromatic amines is 2. The summed E-state index contributed by atoms with van der Waals surface area (Å²) in [7, 11) is 0. The predicted molar refractivity (Wildman–Crippen MR) is 66.3 cm³/mol. The molecule has 0 aliphatic rings. The van der Waals surface area contributed by atoms with Crippen LogP contribution in [0.3, 0.4) is 0 Å². The summed E-state index contributed by atoms with van der Waals surface area (Å²) in [6, 6.07) is 1.58. The van der Waals surface area contributed by atoms with Crippen LogP contribution >= 0.6 is 23.2 Å². The molecule has 18 heavy (non-hydrogen) atoms. The molecule has 7 nitrogen and oxygen atoms in total. The quantitative estimate of drug-likeness (QED) is 0.803. The van der Waals surface area contributed by atoms with Gasteiger partial charge in [0.05, 0.1) is 11.6 Å². The van der Waals surface area contributed by atoms with Crippen LogP contribution in [0.2, 0.25) is 10.2 Å². The number of ether oxygens (including phenoxy) is 1. The number of anilines is 1. The lowest BCUT2D eigenvalue weighted by atomic mass is 10.4. The number of carbonyl (C=O) groups excluding carboxylic acids is 1. The highest BCUT2D eigenvalue weighted by Gasteiger charge is 2.13. The fourth-order valence-electron chi connectivity index (χ4n) is 1.20. The van der Waals surface area contributed by atoms with Crippen LogP contribution in [0.5, 0.6) is 6.01 Å². The van der Waals surface area contributed by atoms with Gasteiger partial charge in [0, 0.05) is 0 Å². The first-order chi connectivity index (χ1) is 8.60. The average Bonchev–Trinajstić information content (AvgIpc) is 2.88. The summed E-state index contributed by atoms with van der Waals surface area (Å²) in [6.45, 7) is 2.24. The molecular weight excluding hydrogens is 281 g/mol. The van der Waals surface area contributed by atoms with Gasteiger partial charge >= 0.3 is 6.01 Å². The van der Waals surface area contributed by atoms with E-state index in [1.807, 2.05) is 0 Å². The maximum atomic E-state index is 11.8. The minimum atomic E-state index is -0.442. The van der Waals surface area contributed by atoms with Crippen molar-refractivity contribution in [1.29, 1.82) is 0 Å². The van der Waals surface area contributed by atoms with Crippen LogP contribution in [0.25, 0.3) is 0 Å². The van der Waals surface area contributed by atoms with Crippen molar-refractivity contribution in [1.82, 2.24) is 20.2 Å². The first-order valence-corrected chi connectivity index (χ1v) is 5.76. The van der Waals surface area contributed by atoms with Crippen LogP contribution in [0.15, 0.2) is 6.07 Å². The highest BCUT2D eigenvalue weighted by Crippen LogP contribution is 2.22. The highest BCUT2D eigenvalue weighted by molar-refractivity contribution is 6.41. The number of hydrogen-bond donors (Lipinski definition) is 3. The number of nitrogens with zero attached hydrogens (tertiary/aromatic N) is 2. The third-order valence-corrected chi connectivity index (χ3v) is 2.63. The van der Waals surface area contributed by atoms with E-state index in [1.54, 1.807) is 6.92 Å². The second-order valence-electron chi connectivity index (χ2n) is 3.20. The third-order valence-electron chi connectivity index (χ3n) is 1.94. The van der Waals surface area contributed by atoms with E-state index in [9.17, 15) is 4.79 Å². The van der Waals surface area contributed by atoms with Crippen molar-refractivity contribution in [3.63, 3.8) is 0 Å².